The molecule has 1 amide bonds. The van der Waals surface area contributed by atoms with Crippen molar-refractivity contribution in [1.29, 1.82) is 0 Å². The van der Waals surface area contributed by atoms with E-state index in [1.54, 1.807) is 44.4 Å². The van der Waals surface area contributed by atoms with Crippen molar-refractivity contribution >= 4 is 46.4 Å². The molecule has 1 heterocycles. The monoisotopic (exact) mass is 468 g/mol. The minimum Gasteiger partial charge on any atom is -0.490 e. The predicted molar refractivity (Wildman–Crippen MR) is 118 cm³/mol. The second-order valence-corrected chi connectivity index (χ2v) is 7.56. The summed E-state index contributed by atoms with van der Waals surface area (Å²) in [6, 6.07) is 8.45. The van der Waals surface area contributed by atoms with Gasteiger partial charge >= 0.3 is 0 Å². The molecule has 0 atom stereocenters. The van der Waals surface area contributed by atoms with Crippen LogP contribution in [-0.2, 0) is 4.74 Å². The van der Waals surface area contributed by atoms with Gasteiger partial charge in [-0.2, -0.15) is 0 Å². The van der Waals surface area contributed by atoms with E-state index in [0.717, 1.165) is 5.56 Å². The number of carbonyl (C=O) groups excluding carboxylic acids is 1. The van der Waals surface area contributed by atoms with Crippen molar-refractivity contribution in [3.05, 3.63) is 62.6 Å². The Labute approximate surface area is 188 Å². The summed E-state index contributed by atoms with van der Waals surface area (Å²) < 4.78 is 12.1. The number of carbonyl (C=O) groups is 1. The Balaban J connectivity index is 1.89. The van der Waals surface area contributed by atoms with E-state index in [4.69, 9.17) is 44.3 Å². The highest BCUT2D eigenvalue weighted by Gasteiger charge is 2.19. The zero-order chi connectivity index (χ0) is 21.8. The topological polar surface area (TPSA) is 78.3 Å². The van der Waals surface area contributed by atoms with Crippen LogP contribution >= 0.6 is 34.8 Å². The summed E-state index contributed by atoms with van der Waals surface area (Å²) >= 11 is 18.7. The van der Waals surface area contributed by atoms with Gasteiger partial charge in [-0.25, -0.2) is 9.67 Å². The Morgan fingerprint density at radius 2 is 1.87 bits per heavy atom. The largest absolute Gasteiger partial charge is 0.490 e. The molecule has 0 radical (unpaired) electrons. The number of methoxy groups -OCH3 is 1. The van der Waals surface area contributed by atoms with Crippen LogP contribution in [0.4, 0.5) is 5.69 Å². The number of anilines is 1. The van der Waals surface area contributed by atoms with Gasteiger partial charge < -0.3 is 14.8 Å². The average molecular weight is 470 g/mol. The predicted octanol–water partition coefficient (Wildman–Crippen LogP) is 5.12. The Morgan fingerprint density at radius 1 is 1.10 bits per heavy atom. The van der Waals surface area contributed by atoms with Crippen LogP contribution in [-0.4, -0.2) is 41.0 Å². The number of aromatic nitrogens is 3. The molecule has 3 rings (SSSR count). The van der Waals surface area contributed by atoms with E-state index in [9.17, 15) is 4.79 Å². The van der Waals surface area contributed by atoms with Crippen LogP contribution in [0.15, 0.2) is 30.3 Å². The summed E-state index contributed by atoms with van der Waals surface area (Å²) in [5.74, 6) is 0.405. The summed E-state index contributed by atoms with van der Waals surface area (Å²) in [5.41, 5.74) is 1.82. The fraction of sp³-hybridized carbons (Fsp3) is 0.250. The average Bonchev–Trinajstić information content (AvgIpc) is 3.09. The van der Waals surface area contributed by atoms with Crippen molar-refractivity contribution in [3.63, 3.8) is 0 Å². The number of nitrogens with zero attached hydrogens (tertiary/aromatic N) is 3. The third-order valence-corrected chi connectivity index (χ3v) is 5.27. The van der Waals surface area contributed by atoms with Crippen LogP contribution in [0, 0.1) is 13.8 Å². The van der Waals surface area contributed by atoms with Crippen molar-refractivity contribution in [1.82, 2.24) is 14.8 Å². The Morgan fingerprint density at radius 3 is 2.60 bits per heavy atom. The molecule has 0 saturated carbocycles. The minimum absolute atomic E-state index is 0.0141. The number of aryl methyl sites for hydroxylation is 1. The molecule has 1 N–H and O–H groups in total. The van der Waals surface area contributed by atoms with Crippen LogP contribution < -0.4 is 10.1 Å². The third kappa shape index (κ3) is 4.87. The highest BCUT2D eigenvalue weighted by Crippen LogP contribution is 2.33. The number of halogens is 3. The first-order chi connectivity index (χ1) is 14.3. The molecule has 0 aliphatic carbocycles. The molecule has 0 fully saturated rings. The molecule has 158 valence electrons. The van der Waals surface area contributed by atoms with Gasteiger partial charge in [0.25, 0.3) is 5.91 Å². The first-order valence-corrected chi connectivity index (χ1v) is 10.1. The van der Waals surface area contributed by atoms with Gasteiger partial charge in [-0.3, -0.25) is 4.79 Å². The molecule has 3 aromatic rings. The molecule has 0 unspecified atom stereocenters. The number of ether oxygens (including phenoxy) is 2. The van der Waals surface area contributed by atoms with E-state index < -0.39 is 5.91 Å². The van der Waals surface area contributed by atoms with E-state index in [-0.39, 0.29) is 5.82 Å². The van der Waals surface area contributed by atoms with Crippen molar-refractivity contribution in [2.24, 2.45) is 0 Å². The molecule has 0 aliphatic heterocycles. The fourth-order valence-electron chi connectivity index (χ4n) is 2.66. The number of hydrogen-bond acceptors (Lipinski definition) is 5. The quantitative estimate of drug-likeness (QED) is 0.486. The first kappa shape index (κ1) is 22.4. The standard InChI is InChI=1S/C20H19Cl3N4O3/c1-11-13(21)5-4-6-16(11)25-20(28)19-24-12(2)27(26-19)17-10-18(30-8-7-29-3)15(23)9-14(17)22/h4-6,9-10H,7-8H2,1-3H3,(H,25,28). The SMILES string of the molecule is COCCOc1cc(-n2nc(C(=O)Nc3cccc(Cl)c3C)nc2C)c(Cl)cc1Cl. The zero-order valence-electron chi connectivity index (χ0n) is 16.5. The van der Waals surface area contributed by atoms with Gasteiger partial charge in [0.15, 0.2) is 0 Å². The lowest BCUT2D eigenvalue weighted by Crippen LogP contribution is -2.15. The molecule has 2 aromatic carbocycles. The molecule has 7 nitrogen and oxygen atoms in total. The molecule has 10 heteroatoms. The van der Waals surface area contributed by atoms with Crippen LogP contribution in [0.25, 0.3) is 5.69 Å². The van der Waals surface area contributed by atoms with Crippen molar-refractivity contribution in [2.75, 3.05) is 25.6 Å². The van der Waals surface area contributed by atoms with Crippen LogP contribution in [0.2, 0.25) is 15.1 Å². The van der Waals surface area contributed by atoms with Crippen LogP contribution in [0.3, 0.4) is 0 Å². The molecular weight excluding hydrogens is 451 g/mol. The summed E-state index contributed by atoms with van der Waals surface area (Å²) in [6.45, 7) is 4.25. The molecule has 0 bridgehead atoms. The van der Waals surface area contributed by atoms with Gasteiger partial charge in [-0.05, 0) is 37.6 Å². The maximum absolute atomic E-state index is 12.7. The second kappa shape index (κ2) is 9.66. The van der Waals surface area contributed by atoms with E-state index in [0.29, 0.717) is 51.2 Å². The Hall–Kier alpha value is -2.32. The van der Waals surface area contributed by atoms with E-state index in [1.165, 1.54) is 4.68 Å². The van der Waals surface area contributed by atoms with Gasteiger partial charge in [-0.15, -0.1) is 5.10 Å². The van der Waals surface area contributed by atoms with Gasteiger partial charge in [0, 0.05) is 23.9 Å². The van der Waals surface area contributed by atoms with Crippen molar-refractivity contribution < 1.29 is 14.3 Å². The number of amides is 1. The Kier molecular flexibility index (Phi) is 7.20. The molecule has 0 saturated heterocycles. The Bertz CT molecular complexity index is 1090. The smallest absolute Gasteiger partial charge is 0.295 e. The normalized spacial score (nSPS) is 10.9. The van der Waals surface area contributed by atoms with Crippen LogP contribution in [0.5, 0.6) is 5.75 Å². The molecule has 30 heavy (non-hydrogen) atoms. The maximum Gasteiger partial charge on any atom is 0.295 e. The number of nitrogens with one attached hydrogen (secondary N) is 1. The van der Waals surface area contributed by atoms with Gasteiger partial charge in [0.2, 0.25) is 5.82 Å². The van der Waals surface area contributed by atoms with E-state index in [2.05, 4.69) is 15.4 Å². The third-order valence-electron chi connectivity index (χ3n) is 4.26. The van der Waals surface area contributed by atoms with Gasteiger partial charge in [0.1, 0.15) is 18.2 Å². The number of benzene rings is 2. The van der Waals surface area contributed by atoms with Gasteiger partial charge in [-0.1, -0.05) is 40.9 Å². The zero-order valence-corrected chi connectivity index (χ0v) is 18.8. The summed E-state index contributed by atoms with van der Waals surface area (Å²) in [7, 11) is 1.58. The second-order valence-electron chi connectivity index (χ2n) is 6.34. The molecule has 1 aromatic heterocycles. The van der Waals surface area contributed by atoms with Crippen molar-refractivity contribution in [2.45, 2.75) is 13.8 Å². The number of hydrogen-bond donors (Lipinski definition) is 1. The summed E-state index contributed by atoms with van der Waals surface area (Å²) in [4.78, 5) is 16.9. The van der Waals surface area contributed by atoms with Crippen molar-refractivity contribution in [3.8, 4) is 11.4 Å². The molecule has 0 spiro atoms. The van der Waals surface area contributed by atoms with E-state index >= 15 is 0 Å². The minimum atomic E-state index is -0.469. The fourth-order valence-corrected chi connectivity index (χ4v) is 3.35. The molecule has 0 aliphatic rings. The van der Waals surface area contributed by atoms with E-state index in [1.807, 2.05) is 6.92 Å². The lowest BCUT2D eigenvalue weighted by atomic mass is 10.2. The molecular formula is C20H19Cl3N4O3. The lowest BCUT2D eigenvalue weighted by Gasteiger charge is -2.12. The highest BCUT2D eigenvalue weighted by molar-refractivity contribution is 6.36. The summed E-state index contributed by atoms with van der Waals surface area (Å²) in [5, 5.41) is 8.33. The lowest BCUT2D eigenvalue weighted by molar-refractivity contribution is 0.101. The maximum atomic E-state index is 12.7. The summed E-state index contributed by atoms with van der Waals surface area (Å²) in [6.07, 6.45) is 0. The highest BCUT2D eigenvalue weighted by atomic mass is 35.5. The first-order valence-electron chi connectivity index (χ1n) is 8.93. The number of rotatable bonds is 7. The van der Waals surface area contributed by atoms with Crippen LogP contribution in [0.1, 0.15) is 22.0 Å². The van der Waals surface area contributed by atoms with Gasteiger partial charge in [0.05, 0.1) is 22.3 Å².